The second-order valence-corrected chi connectivity index (χ2v) is 5.74. The molecule has 2 rings (SSSR count). The smallest absolute Gasteiger partial charge is 0.253 e. The quantitative estimate of drug-likeness (QED) is 0.858. The lowest BCUT2D eigenvalue weighted by atomic mass is 10.1. The van der Waals surface area contributed by atoms with Gasteiger partial charge in [0.1, 0.15) is 6.10 Å². The maximum Gasteiger partial charge on any atom is 0.253 e. The molecule has 1 amide bonds. The minimum Gasteiger partial charge on any atom is -0.389 e. The number of aromatic nitrogens is 2. The van der Waals surface area contributed by atoms with E-state index in [2.05, 4.69) is 10.4 Å². The van der Waals surface area contributed by atoms with Crippen LogP contribution in [0.2, 0.25) is 0 Å². The van der Waals surface area contributed by atoms with Crippen LogP contribution >= 0.6 is 0 Å². The Morgan fingerprint density at radius 2 is 2.37 bits per heavy atom. The number of aliphatic hydroxyl groups is 1. The molecule has 0 spiro atoms. The molecule has 6 heteroatoms. The fourth-order valence-corrected chi connectivity index (χ4v) is 2.13. The van der Waals surface area contributed by atoms with Crippen LogP contribution in [0.1, 0.15) is 33.6 Å². The lowest BCUT2D eigenvalue weighted by molar-refractivity contribution is -0.126. The summed E-state index contributed by atoms with van der Waals surface area (Å²) in [4.78, 5) is 11.9. The van der Waals surface area contributed by atoms with Crippen LogP contribution in [-0.4, -0.2) is 38.6 Å². The lowest BCUT2D eigenvalue weighted by Gasteiger charge is -2.16. The first kappa shape index (κ1) is 14.0. The molecule has 0 saturated carbocycles. The van der Waals surface area contributed by atoms with Gasteiger partial charge in [0, 0.05) is 6.20 Å². The van der Waals surface area contributed by atoms with Crippen molar-refractivity contribution in [1.29, 1.82) is 0 Å². The van der Waals surface area contributed by atoms with Crippen molar-refractivity contribution in [3.05, 3.63) is 12.4 Å². The highest BCUT2D eigenvalue weighted by atomic mass is 16.5. The SMILES string of the molecule is CC1CCC(C(=O)Nc2cnn(CC(C)(C)O)c2)O1. The number of amides is 1. The largest absolute Gasteiger partial charge is 0.389 e. The fraction of sp³-hybridized carbons (Fsp3) is 0.692. The number of nitrogens with one attached hydrogen (secondary N) is 1. The van der Waals surface area contributed by atoms with Crippen molar-refractivity contribution in [2.75, 3.05) is 5.32 Å². The summed E-state index contributed by atoms with van der Waals surface area (Å²) >= 11 is 0. The van der Waals surface area contributed by atoms with Gasteiger partial charge in [0.15, 0.2) is 0 Å². The Morgan fingerprint density at radius 3 is 2.95 bits per heavy atom. The molecule has 1 saturated heterocycles. The molecule has 2 atom stereocenters. The summed E-state index contributed by atoms with van der Waals surface area (Å²) in [7, 11) is 0. The van der Waals surface area contributed by atoms with Gasteiger partial charge in [0.2, 0.25) is 0 Å². The van der Waals surface area contributed by atoms with Crippen molar-refractivity contribution in [2.24, 2.45) is 0 Å². The number of rotatable bonds is 4. The Kier molecular flexibility index (Phi) is 3.91. The molecule has 1 aromatic heterocycles. The number of anilines is 1. The lowest BCUT2D eigenvalue weighted by Crippen LogP contribution is -2.27. The summed E-state index contributed by atoms with van der Waals surface area (Å²) in [5.74, 6) is -0.132. The average Bonchev–Trinajstić information content (AvgIpc) is 2.85. The molecule has 1 aromatic rings. The van der Waals surface area contributed by atoms with Gasteiger partial charge in [-0.15, -0.1) is 0 Å². The number of hydrogen-bond donors (Lipinski definition) is 2. The van der Waals surface area contributed by atoms with E-state index in [9.17, 15) is 9.90 Å². The highest BCUT2D eigenvalue weighted by Crippen LogP contribution is 2.20. The number of carbonyl (C=O) groups is 1. The maximum atomic E-state index is 11.9. The van der Waals surface area contributed by atoms with Crippen molar-refractivity contribution in [3.63, 3.8) is 0 Å². The van der Waals surface area contributed by atoms with Crippen molar-refractivity contribution < 1.29 is 14.6 Å². The molecule has 0 aromatic carbocycles. The Bertz CT molecular complexity index is 450. The molecule has 0 aliphatic carbocycles. The second kappa shape index (κ2) is 5.30. The third kappa shape index (κ3) is 4.04. The predicted molar refractivity (Wildman–Crippen MR) is 70.7 cm³/mol. The Hall–Kier alpha value is -1.40. The summed E-state index contributed by atoms with van der Waals surface area (Å²) in [5, 5.41) is 16.6. The highest BCUT2D eigenvalue weighted by molar-refractivity contribution is 5.94. The van der Waals surface area contributed by atoms with Gasteiger partial charge in [0.05, 0.1) is 30.1 Å². The van der Waals surface area contributed by atoms with Gasteiger partial charge in [-0.1, -0.05) is 0 Å². The summed E-state index contributed by atoms with van der Waals surface area (Å²) in [5.41, 5.74) is -0.213. The van der Waals surface area contributed by atoms with Gasteiger partial charge in [0.25, 0.3) is 5.91 Å². The summed E-state index contributed by atoms with van der Waals surface area (Å²) in [6.45, 7) is 5.76. The van der Waals surface area contributed by atoms with Gasteiger partial charge >= 0.3 is 0 Å². The molecule has 19 heavy (non-hydrogen) atoms. The van der Waals surface area contributed by atoms with Gasteiger partial charge in [-0.2, -0.15) is 5.10 Å². The maximum absolute atomic E-state index is 11.9. The summed E-state index contributed by atoms with van der Waals surface area (Å²) in [6, 6.07) is 0. The van der Waals surface area contributed by atoms with Crippen LogP contribution in [0, 0.1) is 0 Å². The van der Waals surface area contributed by atoms with E-state index in [1.807, 2.05) is 6.92 Å². The van der Waals surface area contributed by atoms with Crippen LogP contribution in [0.25, 0.3) is 0 Å². The van der Waals surface area contributed by atoms with Crippen LogP contribution in [0.5, 0.6) is 0 Å². The topological polar surface area (TPSA) is 76.4 Å². The van der Waals surface area contributed by atoms with Crippen LogP contribution in [0.4, 0.5) is 5.69 Å². The highest BCUT2D eigenvalue weighted by Gasteiger charge is 2.28. The molecule has 2 unspecified atom stereocenters. The minimum atomic E-state index is -0.836. The second-order valence-electron chi connectivity index (χ2n) is 5.74. The fourth-order valence-electron chi connectivity index (χ4n) is 2.13. The summed E-state index contributed by atoms with van der Waals surface area (Å²) in [6.07, 6.45) is 4.72. The van der Waals surface area contributed by atoms with Crippen LogP contribution in [-0.2, 0) is 16.1 Å². The number of nitrogens with zero attached hydrogens (tertiary/aromatic N) is 2. The number of hydrogen-bond acceptors (Lipinski definition) is 4. The molecule has 2 heterocycles. The Labute approximate surface area is 112 Å². The van der Waals surface area contributed by atoms with Gasteiger partial charge < -0.3 is 15.2 Å². The molecule has 6 nitrogen and oxygen atoms in total. The van der Waals surface area contributed by atoms with Crippen LogP contribution in [0.3, 0.4) is 0 Å². The standard InChI is InChI=1S/C13H21N3O3/c1-9-4-5-11(19-9)12(17)15-10-6-14-16(7-10)8-13(2,3)18/h6-7,9,11,18H,4-5,8H2,1-3H3,(H,15,17). The average molecular weight is 267 g/mol. The summed E-state index contributed by atoms with van der Waals surface area (Å²) < 4.78 is 7.11. The zero-order valence-corrected chi connectivity index (χ0v) is 11.6. The third-order valence-electron chi connectivity index (χ3n) is 2.97. The van der Waals surface area contributed by atoms with Gasteiger partial charge in [-0.3, -0.25) is 9.48 Å². The molecule has 1 aliphatic rings. The zero-order valence-electron chi connectivity index (χ0n) is 11.6. The molecule has 1 aliphatic heterocycles. The van der Waals surface area contributed by atoms with Crippen LogP contribution < -0.4 is 5.32 Å². The van der Waals surface area contributed by atoms with Crippen molar-refractivity contribution in [2.45, 2.75) is 58.0 Å². The van der Waals surface area contributed by atoms with E-state index in [-0.39, 0.29) is 18.1 Å². The Balaban J connectivity index is 1.91. The zero-order chi connectivity index (χ0) is 14.0. The molecular weight excluding hydrogens is 246 g/mol. The molecule has 0 radical (unpaired) electrons. The molecule has 106 valence electrons. The number of carbonyl (C=O) groups excluding carboxylic acids is 1. The van der Waals surface area contributed by atoms with E-state index in [0.717, 1.165) is 12.8 Å². The third-order valence-corrected chi connectivity index (χ3v) is 2.97. The van der Waals surface area contributed by atoms with E-state index in [1.165, 1.54) is 0 Å². The van der Waals surface area contributed by atoms with E-state index in [4.69, 9.17) is 4.74 Å². The number of ether oxygens (including phenoxy) is 1. The first-order valence-corrected chi connectivity index (χ1v) is 6.55. The first-order chi connectivity index (χ1) is 8.83. The van der Waals surface area contributed by atoms with Crippen molar-refractivity contribution >= 4 is 11.6 Å². The van der Waals surface area contributed by atoms with E-state index in [1.54, 1.807) is 30.9 Å². The Morgan fingerprint density at radius 1 is 1.63 bits per heavy atom. The van der Waals surface area contributed by atoms with E-state index >= 15 is 0 Å². The minimum absolute atomic E-state index is 0.132. The van der Waals surface area contributed by atoms with Crippen molar-refractivity contribution in [1.82, 2.24) is 9.78 Å². The van der Waals surface area contributed by atoms with Crippen molar-refractivity contribution in [3.8, 4) is 0 Å². The van der Waals surface area contributed by atoms with Gasteiger partial charge in [-0.25, -0.2) is 0 Å². The van der Waals surface area contributed by atoms with E-state index < -0.39 is 5.60 Å². The molecule has 1 fully saturated rings. The molecular formula is C13H21N3O3. The molecule has 2 N–H and O–H groups in total. The molecule has 0 bridgehead atoms. The monoisotopic (exact) mass is 267 g/mol. The van der Waals surface area contributed by atoms with Crippen LogP contribution in [0.15, 0.2) is 12.4 Å². The predicted octanol–water partition coefficient (Wildman–Crippen LogP) is 1.16. The van der Waals surface area contributed by atoms with Gasteiger partial charge in [-0.05, 0) is 33.6 Å². The normalized spacial score (nSPS) is 23.6. The van der Waals surface area contributed by atoms with E-state index in [0.29, 0.717) is 12.2 Å². The first-order valence-electron chi connectivity index (χ1n) is 6.55.